The first-order valence-corrected chi connectivity index (χ1v) is 4.39. The first-order chi connectivity index (χ1) is 5.74. The predicted octanol–water partition coefficient (Wildman–Crippen LogP) is 0.893. The van der Waals surface area contributed by atoms with Gasteiger partial charge in [0.05, 0.1) is 6.61 Å². The normalized spacial score (nSPS) is 16.0. The molecule has 1 N–H and O–H groups in total. The number of rotatable bonds is 7. The van der Waals surface area contributed by atoms with E-state index in [-0.39, 0.29) is 0 Å². The molecule has 0 radical (unpaired) electrons. The zero-order chi connectivity index (χ0) is 9.40. The molecule has 0 saturated heterocycles. The number of hydrogen-bond acceptors (Lipinski definition) is 3. The molecule has 0 saturated carbocycles. The van der Waals surface area contributed by atoms with Crippen LogP contribution in [0.25, 0.3) is 0 Å². The summed E-state index contributed by atoms with van der Waals surface area (Å²) in [6.07, 6.45) is 1.10. The average molecular weight is 175 g/mol. The molecule has 0 bridgehead atoms. The second-order valence-electron chi connectivity index (χ2n) is 3.24. The number of hydrogen-bond donors (Lipinski definition) is 1. The van der Waals surface area contributed by atoms with E-state index in [1.807, 2.05) is 7.05 Å². The lowest BCUT2D eigenvalue weighted by Gasteiger charge is -2.19. The van der Waals surface area contributed by atoms with E-state index in [0.29, 0.717) is 12.0 Å². The van der Waals surface area contributed by atoms with Gasteiger partial charge in [0.2, 0.25) is 0 Å². The van der Waals surface area contributed by atoms with Crippen LogP contribution in [0.15, 0.2) is 0 Å². The smallest absolute Gasteiger partial charge is 0.0615 e. The Balaban J connectivity index is 3.53. The van der Waals surface area contributed by atoms with Crippen molar-refractivity contribution in [1.29, 1.82) is 0 Å². The van der Waals surface area contributed by atoms with Crippen LogP contribution in [0.3, 0.4) is 0 Å². The lowest BCUT2D eigenvalue weighted by atomic mass is 10.0. The van der Waals surface area contributed by atoms with Gasteiger partial charge < -0.3 is 14.8 Å². The van der Waals surface area contributed by atoms with Crippen molar-refractivity contribution in [2.24, 2.45) is 5.92 Å². The van der Waals surface area contributed by atoms with Crippen LogP contribution in [0.1, 0.15) is 13.3 Å². The number of ether oxygens (including phenoxy) is 2. The van der Waals surface area contributed by atoms with Crippen molar-refractivity contribution in [2.75, 3.05) is 34.5 Å². The maximum Gasteiger partial charge on any atom is 0.0615 e. The van der Waals surface area contributed by atoms with Crippen molar-refractivity contribution in [1.82, 2.24) is 5.32 Å². The standard InChI is InChI=1S/C9H21NO2/c1-8(6-11-3)5-9(10-2)7-12-4/h8-10H,5-7H2,1-4H3. The lowest BCUT2D eigenvalue weighted by Crippen LogP contribution is -2.32. The highest BCUT2D eigenvalue weighted by atomic mass is 16.5. The van der Waals surface area contributed by atoms with Crippen molar-refractivity contribution in [3.05, 3.63) is 0 Å². The summed E-state index contributed by atoms with van der Waals surface area (Å²) in [4.78, 5) is 0. The first kappa shape index (κ1) is 11.9. The molecule has 74 valence electrons. The Morgan fingerprint density at radius 2 is 1.75 bits per heavy atom. The molecule has 0 fully saturated rings. The topological polar surface area (TPSA) is 30.5 Å². The molecule has 12 heavy (non-hydrogen) atoms. The minimum absolute atomic E-state index is 0.445. The van der Waals surface area contributed by atoms with Crippen LogP contribution in [0, 0.1) is 5.92 Å². The largest absolute Gasteiger partial charge is 0.384 e. The van der Waals surface area contributed by atoms with Gasteiger partial charge in [-0.3, -0.25) is 0 Å². The molecule has 0 spiro atoms. The Bertz CT molecular complexity index is 98.5. The van der Waals surface area contributed by atoms with Crippen molar-refractivity contribution in [3.63, 3.8) is 0 Å². The zero-order valence-corrected chi connectivity index (χ0v) is 8.59. The van der Waals surface area contributed by atoms with Gasteiger partial charge in [-0.1, -0.05) is 6.92 Å². The van der Waals surface area contributed by atoms with E-state index in [2.05, 4.69) is 12.2 Å². The van der Waals surface area contributed by atoms with Crippen molar-refractivity contribution < 1.29 is 9.47 Å². The van der Waals surface area contributed by atoms with E-state index in [1.165, 1.54) is 0 Å². The Kier molecular flexibility index (Phi) is 7.45. The van der Waals surface area contributed by atoms with Gasteiger partial charge in [0.15, 0.2) is 0 Å². The third kappa shape index (κ3) is 5.52. The molecule has 2 unspecified atom stereocenters. The molecule has 3 nitrogen and oxygen atoms in total. The minimum Gasteiger partial charge on any atom is -0.384 e. The highest BCUT2D eigenvalue weighted by Crippen LogP contribution is 2.06. The summed E-state index contributed by atoms with van der Waals surface area (Å²) in [6.45, 7) is 3.77. The van der Waals surface area contributed by atoms with Crippen LogP contribution in [0.2, 0.25) is 0 Å². The maximum atomic E-state index is 5.07. The summed E-state index contributed by atoms with van der Waals surface area (Å²) in [6, 6.07) is 0.445. The van der Waals surface area contributed by atoms with Gasteiger partial charge in [-0.15, -0.1) is 0 Å². The SMILES string of the molecule is CNC(COC)CC(C)COC. The zero-order valence-electron chi connectivity index (χ0n) is 8.59. The molecular formula is C9H21NO2. The summed E-state index contributed by atoms with van der Waals surface area (Å²) in [5, 5.41) is 3.21. The van der Waals surface area contributed by atoms with Crippen molar-refractivity contribution in [3.8, 4) is 0 Å². The van der Waals surface area contributed by atoms with Crippen LogP contribution in [-0.2, 0) is 9.47 Å². The van der Waals surface area contributed by atoms with Gasteiger partial charge in [-0.2, -0.15) is 0 Å². The highest BCUT2D eigenvalue weighted by Gasteiger charge is 2.10. The summed E-state index contributed by atoms with van der Waals surface area (Å²) >= 11 is 0. The number of nitrogens with one attached hydrogen (secondary N) is 1. The predicted molar refractivity (Wildman–Crippen MR) is 50.4 cm³/mol. The molecule has 3 heteroatoms. The molecule has 0 rings (SSSR count). The third-order valence-corrected chi connectivity index (χ3v) is 1.91. The van der Waals surface area contributed by atoms with Crippen LogP contribution >= 0.6 is 0 Å². The number of methoxy groups -OCH3 is 2. The Morgan fingerprint density at radius 3 is 2.17 bits per heavy atom. The first-order valence-electron chi connectivity index (χ1n) is 4.39. The average Bonchev–Trinajstić information content (AvgIpc) is 2.04. The fourth-order valence-corrected chi connectivity index (χ4v) is 1.31. The summed E-state index contributed by atoms with van der Waals surface area (Å²) < 4.78 is 10.1. The fourth-order valence-electron chi connectivity index (χ4n) is 1.31. The second-order valence-corrected chi connectivity index (χ2v) is 3.24. The molecule has 0 aromatic rings. The highest BCUT2D eigenvalue weighted by molar-refractivity contribution is 4.67. The lowest BCUT2D eigenvalue weighted by molar-refractivity contribution is 0.125. The Morgan fingerprint density at radius 1 is 1.17 bits per heavy atom. The second kappa shape index (κ2) is 7.53. The molecule has 0 heterocycles. The summed E-state index contributed by atoms with van der Waals surface area (Å²) in [5.74, 6) is 0.586. The van der Waals surface area contributed by atoms with E-state index >= 15 is 0 Å². The minimum atomic E-state index is 0.445. The van der Waals surface area contributed by atoms with Gasteiger partial charge in [0.25, 0.3) is 0 Å². The van der Waals surface area contributed by atoms with Gasteiger partial charge in [-0.25, -0.2) is 0 Å². The van der Waals surface area contributed by atoms with Crippen molar-refractivity contribution in [2.45, 2.75) is 19.4 Å². The van der Waals surface area contributed by atoms with Gasteiger partial charge in [0.1, 0.15) is 0 Å². The Hall–Kier alpha value is -0.120. The molecule has 0 amide bonds. The third-order valence-electron chi connectivity index (χ3n) is 1.91. The van der Waals surface area contributed by atoms with Gasteiger partial charge in [-0.05, 0) is 19.4 Å². The molecule has 0 aromatic carbocycles. The molecule has 0 aromatic heterocycles. The summed E-state index contributed by atoms with van der Waals surface area (Å²) in [7, 11) is 5.43. The Labute approximate surface area is 75.4 Å². The molecule has 0 aliphatic heterocycles. The molecule has 0 aliphatic carbocycles. The molecule has 2 atom stereocenters. The van der Waals surface area contributed by atoms with Crippen LogP contribution in [-0.4, -0.2) is 40.5 Å². The van der Waals surface area contributed by atoms with E-state index in [1.54, 1.807) is 14.2 Å². The fraction of sp³-hybridized carbons (Fsp3) is 1.00. The summed E-state index contributed by atoms with van der Waals surface area (Å²) in [5.41, 5.74) is 0. The van der Waals surface area contributed by atoms with Crippen molar-refractivity contribution >= 4 is 0 Å². The number of likely N-dealkylation sites (N-methyl/N-ethyl adjacent to an activating group) is 1. The van der Waals surface area contributed by atoms with Crippen LogP contribution in [0.4, 0.5) is 0 Å². The maximum absolute atomic E-state index is 5.07. The molecular weight excluding hydrogens is 154 g/mol. The quantitative estimate of drug-likeness (QED) is 0.623. The van der Waals surface area contributed by atoms with E-state index in [0.717, 1.165) is 19.6 Å². The molecule has 0 aliphatic rings. The van der Waals surface area contributed by atoms with Gasteiger partial charge in [0, 0.05) is 26.9 Å². The van der Waals surface area contributed by atoms with Crippen LogP contribution < -0.4 is 5.32 Å². The van der Waals surface area contributed by atoms with Gasteiger partial charge >= 0.3 is 0 Å². The van der Waals surface area contributed by atoms with E-state index in [9.17, 15) is 0 Å². The van der Waals surface area contributed by atoms with Crippen LogP contribution in [0.5, 0.6) is 0 Å². The monoisotopic (exact) mass is 175 g/mol. The van der Waals surface area contributed by atoms with E-state index in [4.69, 9.17) is 9.47 Å². The van der Waals surface area contributed by atoms with E-state index < -0.39 is 0 Å².